The van der Waals surface area contributed by atoms with Crippen LogP contribution in [-0.2, 0) is 4.79 Å². The quantitative estimate of drug-likeness (QED) is 0.774. The van der Waals surface area contributed by atoms with E-state index in [4.69, 9.17) is 16.3 Å². The number of nitrogens with zero attached hydrogens (tertiary/aromatic N) is 1. The molecule has 1 fully saturated rings. The molecule has 6 heteroatoms. The van der Waals surface area contributed by atoms with Crippen LogP contribution in [0.2, 0.25) is 5.02 Å². The van der Waals surface area contributed by atoms with Crippen molar-refractivity contribution in [2.75, 3.05) is 26.2 Å². The fraction of sp³-hybridized carbons (Fsp3) is 0.333. The van der Waals surface area contributed by atoms with E-state index in [1.807, 2.05) is 30.3 Å². The number of rotatable bonds is 6. The highest BCUT2D eigenvalue weighted by Gasteiger charge is 2.27. The molecule has 1 aliphatic heterocycles. The van der Waals surface area contributed by atoms with Gasteiger partial charge in [-0.2, -0.15) is 0 Å². The van der Waals surface area contributed by atoms with Gasteiger partial charge in [-0.25, -0.2) is 0 Å². The van der Waals surface area contributed by atoms with Crippen molar-refractivity contribution in [2.45, 2.75) is 12.8 Å². The van der Waals surface area contributed by atoms with Crippen molar-refractivity contribution in [1.82, 2.24) is 10.2 Å². The summed E-state index contributed by atoms with van der Waals surface area (Å²) in [5, 5.41) is 3.53. The number of nitrogens with one attached hydrogen (secondary N) is 1. The maximum Gasteiger partial charge on any atom is 0.253 e. The predicted molar refractivity (Wildman–Crippen MR) is 105 cm³/mol. The van der Waals surface area contributed by atoms with Gasteiger partial charge in [0, 0.05) is 29.6 Å². The molecular weight excluding hydrogens is 364 g/mol. The molecule has 0 unspecified atom stereocenters. The average Bonchev–Trinajstić information content (AvgIpc) is 2.72. The lowest BCUT2D eigenvalue weighted by Crippen LogP contribution is -2.43. The van der Waals surface area contributed by atoms with E-state index in [1.54, 1.807) is 29.2 Å². The number of ether oxygens (including phenoxy) is 1. The van der Waals surface area contributed by atoms with Crippen LogP contribution >= 0.6 is 11.6 Å². The summed E-state index contributed by atoms with van der Waals surface area (Å²) in [5.41, 5.74) is 0.625. The number of amides is 2. The van der Waals surface area contributed by atoms with Crippen LogP contribution in [0.4, 0.5) is 0 Å². The van der Waals surface area contributed by atoms with Crippen molar-refractivity contribution in [1.29, 1.82) is 0 Å². The Bertz CT molecular complexity index is 757. The number of carbonyl (C=O) groups excluding carboxylic acids is 2. The van der Waals surface area contributed by atoms with Crippen LogP contribution in [0.15, 0.2) is 54.6 Å². The number of hydrogen-bond acceptors (Lipinski definition) is 3. The van der Waals surface area contributed by atoms with Gasteiger partial charge in [0.1, 0.15) is 12.4 Å². The second-order valence-electron chi connectivity index (χ2n) is 6.53. The molecule has 1 aliphatic rings. The molecule has 1 N–H and O–H groups in total. The summed E-state index contributed by atoms with van der Waals surface area (Å²) in [6.45, 7) is 2.07. The van der Waals surface area contributed by atoms with Crippen LogP contribution in [-0.4, -0.2) is 43.0 Å². The van der Waals surface area contributed by atoms with Gasteiger partial charge >= 0.3 is 0 Å². The molecule has 1 heterocycles. The number of hydrogen-bond donors (Lipinski definition) is 1. The van der Waals surface area contributed by atoms with Crippen LogP contribution in [0.25, 0.3) is 0 Å². The molecule has 2 amide bonds. The Hall–Kier alpha value is -2.53. The number of para-hydroxylation sites is 1. The zero-order valence-corrected chi connectivity index (χ0v) is 15.8. The Morgan fingerprint density at radius 1 is 1.04 bits per heavy atom. The van der Waals surface area contributed by atoms with Gasteiger partial charge in [0.05, 0.1) is 6.54 Å². The van der Waals surface area contributed by atoms with Crippen LogP contribution < -0.4 is 10.1 Å². The Morgan fingerprint density at radius 2 is 1.70 bits per heavy atom. The second kappa shape index (κ2) is 9.42. The zero-order chi connectivity index (χ0) is 19.1. The van der Waals surface area contributed by atoms with Gasteiger partial charge in [-0.05, 0) is 49.2 Å². The van der Waals surface area contributed by atoms with Gasteiger partial charge < -0.3 is 15.0 Å². The molecule has 3 rings (SSSR count). The molecule has 0 bridgehead atoms. The second-order valence-corrected chi connectivity index (χ2v) is 6.96. The molecule has 0 aliphatic carbocycles. The van der Waals surface area contributed by atoms with Crippen LogP contribution in [0.1, 0.15) is 23.2 Å². The molecule has 2 aromatic rings. The van der Waals surface area contributed by atoms with Gasteiger partial charge in [-0.3, -0.25) is 9.59 Å². The first-order valence-corrected chi connectivity index (χ1v) is 9.51. The van der Waals surface area contributed by atoms with Gasteiger partial charge in [0.25, 0.3) is 5.91 Å². The minimum Gasteiger partial charge on any atom is -0.492 e. The predicted octanol–water partition coefficient (Wildman–Crippen LogP) is 3.39. The van der Waals surface area contributed by atoms with Gasteiger partial charge in [-0.15, -0.1) is 0 Å². The van der Waals surface area contributed by atoms with E-state index < -0.39 is 0 Å². The van der Waals surface area contributed by atoms with Gasteiger partial charge in [0.15, 0.2) is 0 Å². The topological polar surface area (TPSA) is 58.6 Å². The molecule has 27 heavy (non-hydrogen) atoms. The summed E-state index contributed by atoms with van der Waals surface area (Å²) in [6, 6.07) is 16.4. The summed E-state index contributed by atoms with van der Waals surface area (Å²) in [6.07, 6.45) is 1.34. The van der Waals surface area contributed by atoms with Crippen molar-refractivity contribution in [3.63, 3.8) is 0 Å². The molecule has 0 radical (unpaired) electrons. The van der Waals surface area contributed by atoms with E-state index in [-0.39, 0.29) is 17.7 Å². The molecule has 0 spiro atoms. The Labute approximate surface area is 164 Å². The SMILES string of the molecule is O=C(NCCOc1ccccc1)C1CCN(C(=O)c2ccc(Cl)cc2)CC1. The van der Waals surface area contributed by atoms with E-state index in [1.165, 1.54) is 0 Å². The molecule has 0 aromatic heterocycles. The number of likely N-dealkylation sites (tertiary alicyclic amines) is 1. The lowest BCUT2D eigenvalue weighted by Gasteiger charge is -2.31. The maximum atomic E-state index is 12.5. The normalized spacial score (nSPS) is 14.6. The third-order valence-electron chi connectivity index (χ3n) is 4.66. The van der Waals surface area contributed by atoms with E-state index in [9.17, 15) is 9.59 Å². The first kappa shape index (κ1) is 19.2. The summed E-state index contributed by atoms with van der Waals surface area (Å²) < 4.78 is 5.57. The number of halogens is 1. The minimum atomic E-state index is -0.0593. The number of piperidine rings is 1. The van der Waals surface area contributed by atoms with Crippen molar-refractivity contribution < 1.29 is 14.3 Å². The van der Waals surface area contributed by atoms with Gasteiger partial charge in [-0.1, -0.05) is 29.8 Å². The number of carbonyl (C=O) groups is 2. The van der Waals surface area contributed by atoms with Crippen molar-refractivity contribution >= 4 is 23.4 Å². The Kier molecular flexibility index (Phi) is 6.71. The molecule has 0 saturated carbocycles. The summed E-state index contributed by atoms with van der Waals surface area (Å²) >= 11 is 5.86. The average molecular weight is 387 g/mol. The van der Waals surface area contributed by atoms with Crippen LogP contribution in [0, 0.1) is 5.92 Å². The fourth-order valence-electron chi connectivity index (χ4n) is 3.12. The molecule has 0 atom stereocenters. The zero-order valence-electron chi connectivity index (χ0n) is 15.1. The van der Waals surface area contributed by atoms with E-state index in [2.05, 4.69) is 5.32 Å². The first-order chi connectivity index (χ1) is 13.1. The largest absolute Gasteiger partial charge is 0.492 e. The highest BCUT2D eigenvalue weighted by atomic mass is 35.5. The standard InChI is InChI=1S/C21H23ClN2O3/c22-18-8-6-17(7-9-18)21(26)24-13-10-16(11-14-24)20(25)23-12-15-27-19-4-2-1-3-5-19/h1-9,16H,10-15H2,(H,23,25). The fourth-order valence-corrected chi connectivity index (χ4v) is 3.25. The lowest BCUT2D eigenvalue weighted by atomic mass is 9.95. The van der Waals surface area contributed by atoms with Crippen LogP contribution in [0.5, 0.6) is 5.75 Å². The molecular formula is C21H23ClN2O3. The molecule has 2 aromatic carbocycles. The first-order valence-electron chi connectivity index (χ1n) is 9.14. The molecule has 1 saturated heterocycles. The Morgan fingerprint density at radius 3 is 2.37 bits per heavy atom. The molecule has 142 valence electrons. The molecule has 5 nitrogen and oxygen atoms in total. The third-order valence-corrected chi connectivity index (χ3v) is 4.91. The number of benzene rings is 2. The monoisotopic (exact) mass is 386 g/mol. The highest BCUT2D eigenvalue weighted by molar-refractivity contribution is 6.30. The van der Waals surface area contributed by atoms with E-state index >= 15 is 0 Å². The van der Waals surface area contributed by atoms with Crippen molar-refractivity contribution in [2.24, 2.45) is 5.92 Å². The van der Waals surface area contributed by atoms with E-state index in [0.717, 1.165) is 5.75 Å². The summed E-state index contributed by atoms with van der Waals surface area (Å²) in [5.74, 6) is 0.754. The smallest absolute Gasteiger partial charge is 0.253 e. The van der Waals surface area contributed by atoms with Crippen LogP contribution in [0.3, 0.4) is 0 Å². The van der Waals surface area contributed by atoms with Crippen molar-refractivity contribution in [3.8, 4) is 5.75 Å². The maximum absolute atomic E-state index is 12.5. The third kappa shape index (κ3) is 5.47. The highest BCUT2D eigenvalue weighted by Crippen LogP contribution is 2.20. The van der Waals surface area contributed by atoms with E-state index in [0.29, 0.717) is 49.7 Å². The lowest BCUT2D eigenvalue weighted by molar-refractivity contribution is -0.126. The van der Waals surface area contributed by atoms with Gasteiger partial charge in [0.2, 0.25) is 5.91 Å². The minimum absolute atomic E-state index is 0.0122. The Balaban J connectivity index is 1.38. The summed E-state index contributed by atoms with van der Waals surface area (Å²) in [4.78, 5) is 26.6. The van der Waals surface area contributed by atoms with Crippen molar-refractivity contribution in [3.05, 3.63) is 65.2 Å². The summed E-state index contributed by atoms with van der Waals surface area (Å²) in [7, 11) is 0.